The molecule has 0 aromatic heterocycles. The van der Waals surface area contributed by atoms with Gasteiger partial charge in [-0.1, -0.05) is 19.3 Å². The first kappa shape index (κ1) is 14.0. The maximum atomic E-state index is 11.8. The number of hydrogen-bond acceptors (Lipinski definition) is 3. The topological polar surface area (TPSA) is 58.4 Å². The first-order valence-electron chi connectivity index (χ1n) is 6.31. The molecule has 1 saturated heterocycles. The van der Waals surface area contributed by atoms with Crippen molar-refractivity contribution in [1.29, 1.82) is 0 Å². The highest BCUT2D eigenvalue weighted by atomic mass is 16.2. The molecule has 0 aromatic rings. The van der Waals surface area contributed by atoms with E-state index in [1.807, 2.05) is 6.92 Å². The molecule has 3 N–H and O–H groups in total. The van der Waals surface area contributed by atoms with Crippen LogP contribution in [0.4, 0.5) is 0 Å². The molecule has 0 bridgehead atoms. The molecule has 1 heterocycles. The zero-order valence-corrected chi connectivity index (χ0v) is 10.8. The lowest BCUT2D eigenvalue weighted by Gasteiger charge is -2.39. The molecule has 0 aromatic carbocycles. The van der Waals surface area contributed by atoms with E-state index < -0.39 is 0 Å². The zero-order valence-electron chi connectivity index (χ0n) is 10.8. The number of likely N-dealkylation sites (tertiary alicyclic amines) is 1. The molecule has 1 aliphatic rings. The van der Waals surface area contributed by atoms with Gasteiger partial charge in [0.25, 0.3) is 0 Å². The van der Waals surface area contributed by atoms with Crippen LogP contribution in [-0.2, 0) is 4.79 Å². The van der Waals surface area contributed by atoms with Crippen molar-refractivity contribution in [3.63, 3.8) is 0 Å². The van der Waals surface area contributed by atoms with E-state index in [9.17, 15) is 4.79 Å². The second-order valence-corrected chi connectivity index (χ2v) is 4.71. The first-order chi connectivity index (χ1) is 8.10. The molecule has 96 valence electrons. The van der Waals surface area contributed by atoms with Gasteiger partial charge in [0.2, 0.25) is 5.91 Å². The normalized spacial score (nSPS) is 27.2. The fraction of sp³-hybridized carbons (Fsp3) is 0.769. The third-order valence-electron chi connectivity index (χ3n) is 3.64. The van der Waals surface area contributed by atoms with Gasteiger partial charge in [0.15, 0.2) is 0 Å². The highest BCUT2D eigenvalue weighted by Gasteiger charge is 2.30. The summed E-state index contributed by atoms with van der Waals surface area (Å²) in [6.45, 7) is 6.17. The van der Waals surface area contributed by atoms with Crippen molar-refractivity contribution >= 4 is 5.91 Å². The predicted molar refractivity (Wildman–Crippen MR) is 69.3 cm³/mol. The SMILES string of the molecule is C#CCNC(=O)C(C)N1CCC(N)C(CC)C1. The van der Waals surface area contributed by atoms with Crippen LogP contribution in [0.2, 0.25) is 0 Å². The minimum absolute atomic E-state index is 0.00766. The monoisotopic (exact) mass is 237 g/mol. The van der Waals surface area contributed by atoms with Crippen molar-refractivity contribution in [3.05, 3.63) is 0 Å². The molecule has 1 aliphatic heterocycles. The van der Waals surface area contributed by atoms with E-state index in [2.05, 4.69) is 23.1 Å². The molecule has 3 unspecified atom stereocenters. The average molecular weight is 237 g/mol. The fourth-order valence-electron chi connectivity index (χ4n) is 2.31. The highest BCUT2D eigenvalue weighted by molar-refractivity contribution is 5.81. The van der Waals surface area contributed by atoms with Gasteiger partial charge < -0.3 is 11.1 Å². The summed E-state index contributed by atoms with van der Waals surface area (Å²) in [6.07, 6.45) is 7.15. The van der Waals surface area contributed by atoms with Gasteiger partial charge in [0, 0.05) is 19.1 Å². The van der Waals surface area contributed by atoms with E-state index in [1.54, 1.807) is 0 Å². The molecule has 0 spiro atoms. The lowest BCUT2D eigenvalue weighted by atomic mass is 9.90. The van der Waals surface area contributed by atoms with Crippen LogP contribution in [0.1, 0.15) is 26.7 Å². The Morgan fingerprint density at radius 2 is 2.41 bits per heavy atom. The van der Waals surface area contributed by atoms with Gasteiger partial charge in [-0.05, 0) is 19.3 Å². The van der Waals surface area contributed by atoms with Crippen molar-refractivity contribution in [3.8, 4) is 12.3 Å². The van der Waals surface area contributed by atoms with Crippen LogP contribution in [0.25, 0.3) is 0 Å². The quantitative estimate of drug-likeness (QED) is 0.686. The molecule has 1 fully saturated rings. The van der Waals surface area contributed by atoms with Crippen molar-refractivity contribution in [2.75, 3.05) is 19.6 Å². The summed E-state index contributed by atoms with van der Waals surface area (Å²) < 4.78 is 0. The number of carbonyl (C=O) groups is 1. The summed E-state index contributed by atoms with van der Waals surface area (Å²) in [4.78, 5) is 14.0. The van der Waals surface area contributed by atoms with Crippen LogP contribution in [-0.4, -0.2) is 42.5 Å². The largest absolute Gasteiger partial charge is 0.344 e. The Kier molecular flexibility index (Phi) is 5.46. The van der Waals surface area contributed by atoms with Gasteiger partial charge in [-0.2, -0.15) is 0 Å². The molecular formula is C13H23N3O. The number of rotatable bonds is 4. The van der Waals surface area contributed by atoms with E-state index in [-0.39, 0.29) is 18.0 Å². The Morgan fingerprint density at radius 3 is 3.00 bits per heavy atom. The number of terminal acetylenes is 1. The molecule has 0 aliphatic carbocycles. The van der Waals surface area contributed by atoms with Crippen LogP contribution in [0.15, 0.2) is 0 Å². The highest BCUT2D eigenvalue weighted by Crippen LogP contribution is 2.20. The standard InChI is InChI=1S/C13H23N3O/c1-4-7-15-13(17)10(3)16-8-6-12(14)11(5-2)9-16/h1,10-12H,5-9,14H2,2-3H3,(H,15,17). The van der Waals surface area contributed by atoms with Crippen LogP contribution in [0.5, 0.6) is 0 Å². The van der Waals surface area contributed by atoms with Crippen molar-refractivity contribution in [1.82, 2.24) is 10.2 Å². The first-order valence-corrected chi connectivity index (χ1v) is 6.31. The van der Waals surface area contributed by atoms with Gasteiger partial charge in [0.1, 0.15) is 0 Å². The van der Waals surface area contributed by atoms with Crippen LogP contribution in [0.3, 0.4) is 0 Å². The van der Waals surface area contributed by atoms with E-state index in [1.165, 1.54) is 0 Å². The number of nitrogens with one attached hydrogen (secondary N) is 1. The Balaban J connectivity index is 2.50. The smallest absolute Gasteiger partial charge is 0.237 e. The van der Waals surface area contributed by atoms with Gasteiger partial charge in [0.05, 0.1) is 12.6 Å². The summed E-state index contributed by atoms with van der Waals surface area (Å²) in [5, 5.41) is 2.73. The summed E-state index contributed by atoms with van der Waals surface area (Å²) in [7, 11) is 0. The van der Waals surface area contributed by atoms with Gasteiger partial charge in [-0.25, -0.2) is 0 Å². The average Bonchev–Trinajstić information content (AvgIpc) is 2.35. The molecule has 1 amide bonds. The fourth-order valence-corrected chi connectivity index (χ4v) is 2.31. The van der Waals surface area contributed by atoms with E-state index in [4.69, 9.17) is 12.2 Å². The number of hydrogen-bond donors (Lipinski definition) is 2. The van der Waals surface area contributed by atoms with Gasteiger partial charge >= 0.3 is 0 Å². The molecule has 1 rings (SSSR count). The number of carbonyl (C=O) groups excluding carboxylic acids is 1. The van der Waals surface area contributed by atoms with E-state index >= 15 is 0 Å². The zero-order chi connectivity index (χ0) is 12.8. The summed E-state index contributed by atoms with van der Waals surface area (Å²) in [5.74, 6) is 2.91. The number of nitrogens with zero attached hydrogens (tertiary/aromatic N) is 1. The van der Waals surface area contributed by atoms with Crippen LogP contribution < -0.4 is 11.1 Å². The molecule has 4 heteroatoms. The molecular weight excluding hydrogens is 214 g/mol. The number of nitrogens with two attached hydrogens (primary N) is 1. The minimum Gasteiger partial charge on any atom is -0.344 e. The number of amides is 1. The van der Waals surface area contributed by atoms with Crippen molar-refractivity contribution in [2.45, 2.75) is 38.8 Å². The summed E-state index contributed by atoms with van der Waals surface area (Å²) in [6, 6.07) is 0.155. The molecule has 0 saturated carbocycles. The minimum atomic E-state index is -0.120. The number of piperidine rings is 1. The van der Waals surface area contributed by atoms with Crippen LogP contribution >= 0.6 is 0 Å². The third-order valence-corrected chi connectivity index (χ3v) is 3.64. The molecule has 0 radical (unpaired) electrons. The Hall–Kier alpha value is -1.05. The predicted octanol–water partition coefficient (Wildman–Crippen LogP) is 0.184. The summed E-state index contributed by atoms with van der Waals surface area (Å²) >= 11 is 0. The van der Waals surface area contributed by atoms with E-state index in [0.717, 1.165) is 25.9 Å². The van der Waals surface area contributed by atoms with Crippen molar-refractivity contribution < 1.29 is 4.79 Å². The molecule has 17 heavy (non-hydrogen) atoms. The Bertz CT molecular complexity index is 298. The lowest BCUT2D eigenvalue weighted by Crippen LogP contribution is -2.53. The van der Waals surface area contributed by atoms with E-state index in [0.29, 0.717) is 12.5 Å². The maximum absolute atomic E-state index is 11.8. The third kappa shape index (κ3) is 3.72. The lowest BCUT2D eigenvalue weighted by molar-refractivity contribution is -0.126. The summed E-state index contributed by atoms with van der Waals surface area (Å²) in [5.41, 5.74) is 6.05. The molecule has 3 atom stereocenters. The maximum Gasteiger partial charge on any atom is 0.237 e. The van der Waals surface area contributed by atoms with Gasteiger partial charge in [-0.3, -0.25) is 9.69 Å². The second-order valence-electron chi connectivity index (χ2n) is 4.71. The Morgan fingerprint density at radius 1 is 1.71 bits per heavy atom. The van der Waals surface area contributed by atoms with Crippen molar-refractivity contribution in [2.24, 2.45) is 11.7 Å². The van der Waals surface area contributed by atoms with Gasteiger partial charge in [-0.15, -0.1) is 6.42 Å². The molecule has 4 nitrogen and oxygen atoms in total. The van der Waals surface area contributed by atoms with Crippen LogP contribution in [0, 0.1) is 18.3 Å². The Labute approximate surface area is 104 Å². The second kappa shape index (κ2) is 6.63.